The van der Waals surface area contributed by atoms with Crippen LogP contribution in [0.2, 0.25) is 0 Å². The van der Waals surface area contributed by atoms with Crippen molar-refractivity contribution in [3.05, 3.63) is 63.0 Å². The molecular formula is C20H24N4O. The summed E-state index contributed by atoms with van der Waals surface area (Å²) in [4.78, 5) is 25.7. The molecular weight excluding hydrogens is 312 g/mol. The topological polar surface area (TPSA) is 64.8 Å². The molecule has 1 aliphatic rings. The minimum absolute atomic E-state index is 0.0380. The van der Waals surface area contributed by atoms with Gasteiger partial charge in [0.25, 0.3) is 5.56 Å². The normalized spacial score (nSPS) is 15.0. The Balaban J connectivity index is 1.62. The molecule has 0 aliphatic carbocycles. The number of hydrogen-bond donors (Lipinski definition) is 2. The van der Waals surface area contributed by atoms with E-state index in [0.717, 1.165) is 43.1 Å². The minimum Gasteiger partial charge on any atom is -0.361 e. The maximum Gasteiger partial charge on any atom is 0.254 e. The SMILES string of the molecule is Cc1cccc2c(CN3CCc4c(nc(C(C)C)[nH]c4=O)C3)c[nH]c12. The van der Waals surface area contributed by atoms with E-state index in [1.807, 2.05) is 0 Å². The second-order valence-corrected chi connectivity index (χ2v) is 7.30. The molecule has 5 heteroatoms. The number of nitrogens with one attached hydrogen (secondary N) is 2. The van der Waals surface area contributed by atoms with Crippen molar-refractivity contribution < 1.29 is 0 Å². The fourth-order valence-corrected chi connectivity index (χ4v) is 3.66. The second-order valence-electron chi connectivity index (χ2n) is 7.30. The lowest BCUT2D eigenvalue weighted by Gasteiger charge is -2.27. The van der Waals surface area contributed by atoms with Crippen LogP contribution in [0.5, 0.6) is 0 Å². The molecule has 0 saturated carbocycles. The summed E-state index contributed by atoms with van der Waals surface area (Å²) < 4.78 is 0. The summed E-state index contributed by atoms with van der Waals surface area (Å²) in [6, 6.07) is 6.41. The average molecular weight is 336 g/mol. The predicted molar refractivity (Wildman–Crippen MR) is 99.8 cm³/mol. The summed E-state index contributed by atoms with van der Waals surface area (Å²) in [5.74, 6) is 1.01. The zero-order valence-corrected chi connectivity index (χ0v) is 15.0. The number of rotatable bonds is 3. The number of nitrogens with zero attached hydrogens (tertiary/aromatic N) is 2. The summed E-state index contributed by atoms with van der Waals surface area (Å²) in [6.45, 7) is 8.73. The molecule has 5 nitrogen and oxygen atoms in total. The summed E-state index contributed by atoms with van der Waals surface area (Å²) in [6.07, 6.45) is 2.87. The molecule has 0 unspecified atom stereocenters. The lowest BCUT2D eigenvalue weighted by atomic mass is 10.0. The van der Waals surface area contributed by atoms with Gasteiger partial charge in [-0.3, -0.25) is 9.69 Å². The summed E-state index contributed by atoms with van der Waals surface area (Å²) in [5, 5.41) is 1.28. The molecule has 130 valence electrons. The number of benzene rings is 1. The number of aromatic nitrogens is 3. The lowest BCUT2D eigenvalue weighted by molar-refractivity contribution is 0.240. The highest BCUT2D eigenvalue weighted by molar-refractivity contribution is 5.85. The van der Waals surface area contributed by atoms with Crippen LogP contribution in [0.15, 0.2) is 29.2 Å². The number of H-pyrrole nitrogens is 2. The number of hydrogen-bond acceptors (Lipinski definition) is 3. The van der Waals surface area contributed by atoms with E-state index in [2.05, 4.69) is 60.0 Å². The predicted octanol–water partition coefficient (Wildman–Crippen LogP) is 3.24. The second kappa shape index (κ2) is 6.15. The lowest BCUT2D eigenvalue weighted by Crippen LogP contribution is -2.35. The van der Waals surface area contributed by atoms with Gasteiger partial charge in [-0.25, -0.2) is 4.98 Å². The molecule has 0 saturated heterocycles. The molecule has 2 N–H and O–H groups in total. The minimum atomic E-state index is 0.0380. The molecule has 3 heterocycles. The Bertz CT molecular complexity index is 983. The van der Waals surface area contributed by atoms with Gasteiger partial charge < -0.3 is 9.97 Å². The van der Waals surface area contributed by atoms with Gasteiger partial charge in [0.15, 0.2) is 0 Å². The first-order valence-corrected chi connectivity index (χ1v) is 8.93. The van der Waals surface area contributed by atoms with Crippen LogP contribution < -0.4 is 5.56 Å². The maximum absolute atomic E-state index is 12.3. The number of para-hydroxylation sites is 1. The highest BCUT2D eigenvalue weighted by Crippen LogP contribution is 2.24. The number of fused-ring (bicyclic) bond motifs is 2. The van der Waals surface area contributed by atoms with E-state index in [0.29, 0.717) is 0 Å². The van der Waals surface area contributed by atoms with E-state index in [9.17, 15) is 4.79 Å². The van der Waals surface area contributed by atoms with E-state index < -0.39 is 0 Å². The number of aromatic amines is 2. The summed E-state index contributed by atoms with van der Waals surface area (Å²) in [5.41, 5.74) is 5.62. The highest BCUT2D eigenvalue weighted by Gasteiger charge is 2.22. The van der Waals surface area contributed by atoms with Crippen LogP contribution in [0.4, 0.5) is 0 Å². The van der Waals surface area contributed by atoms with Gasteiger partial charge in [0.1, 0.15) is 5.82 Å². The van der Waals surface area contributed by atoms with Gasteiger partial charge in [0, 0.05) is 48.2 Å². The van der Waals surface area contributed by atoms with Crippen molar-refractivity contribution in [2.24, 2.45) is 0 Å². The first-order chi connectivity index (χ1) is 12.0. The summed E-state index contributed by atoms with van der Waals surface area (Å²) >= 11 is 0. The van der Waals surface area contributed by atoms with Crippen LogP contribution in [0.25, 0.3) is 10.9 Å². The third-order valence-electron chi connectivity index (χ3n) is 5.12. The molecule has 0 atom stereocenters. The molecule has 2 aromatic heterocycles. The zero-order chi connectivity index (χ0) is 17.6. The third kappa shape index (κ3) is 2.89. The van der Waals surface area contributed by atoms with Crippen LogP contribution in [-0.2, 0) is 19.5 Å². The first kappa shape index (κ1) is 16.1. The summed E-state index contributed by atoms with van der Waals surface area (Å²) in [7, 11) is 0. The Morgan fingerprint density at radius 2 is 2.16 bits per heavy atom. The highest BCUT2D eigenvalue weighted by atomic mass is 16.1. The Morgan fingerprint density at radius 1 is 1.32 bits per heavy atom. The van der Waals surface area contributed by atoms with Crippen LogP contribution in [0.1, 0.15) is 48.0 Å². The monoisotopic (exact) mass is 336 g/mol. The van der Waals surface area contributed by atoms with Crippen molar-refractivity contribution in [1.82, 2.24) is 19.9 Å². The standard InChI is InChI=1S/C20H24N4O/c1-12(2)19-22-17-11-24(8-7-16(17)20(25)23-19)10-14-9-21-18-13(3)5-4-6-15(14)18/h4-6,9,12,21H,7-8,10-11H2,1-3H3,(H,22,23,25). The van der Waals surface area contributed by atoms with Gasteiger partial charge in [-0.1, -0.05) is 32.0 Å². The molecule has 3 aromatic rings. The molecule has 0 fully saturated rings. The van der Waals surface area contributed by atoms with Gasteiger partial charge in [0.05, 0.1) is 5.69 Å². The Morgan fingerprint density at radius 3 is 2.96 bits per heavy atom. The van der Waals surface area contributed by atoms with Crippen LogP contribution in [0, 0.1) is 6.92 Å². The van der Waals surface area contributed by atoms with Crippen molar-refractivity contribution in [2.75, 3.05) is 6.54 Å². The molecule has 1 aromatic carbocycles. The van der Waals surface area contributed by atoms with Crippen molar-refractivity contribution in [3.63, 3.8) is 0 Å². The fraction of sp³-hybridized carbons (Fsp3) is 0.400. The third-order valence-corrected chi connectivity index (χ3v) is 5.12. The average Bonchev–Trinajstić information content (AvgIpc) is 2.99. The molecule has 4 rings (SSSR count). The quantitative estimate of drug-likeness (QED) is 0.772. The van der Waals surface area contributed by atoms with Crippen molar-refractivity contribution in [3.8, 4) is 0 Å². The van der Waals surface area contributed by atoms with Gasteiger partial charge in [-0.2, -0.15) is 0 Å². The molecule has 0 amide bonds. The fourth-order valence-electron chi connectivity index (χ4n) is 3.66. The van der Waals surface area contributed by atoms with Crippen LogP contribution in [0.3, 0.4) is 0 Å². The Hall–Kier alpha value is -2.40. The van der Waals surface area contributed by atoms with Gasteiger partial charge in [-0.05, 0) is 24.5 Å². The molecule has 1 aliphatic heterocycles. The van der Waals surface area contributed by atoms with Crippen LogP contribution >= 0.6 is 0 Å². The van der Waals surface area contributed by atoms with E-state index >= 15 is 0 Å². The van der Waals surface area contributed by atoms with Crippen molar-refractivity contribution in [1.29, 1.82) is 0 Å². The Kier molecular flexibility index (Phi) is 3.96. The van der Waals surface area contributed by atoms with Gasteiger partial charge in [0.2, 0.25) is 0 Å². The number of aryl methyl sites for hydroxylation is 1. The molecule has 0 bridgehead atoms. The largest absolute Gasteiger partial charge is 0.361 e. The Labute approximate surface area is 147 Å². The van der Waals surface area contributed by atoms with Gasteiger partial charge >= 0.3 is 0 Å². The van der Waals surface area contributed by atoms with Crippen molar-refractivity contribution in [2.45, 2.75) is 46.2 Å². The first-order valence-electron chi connectivity index (χ1n) is 8.93. The molecule has 0 radical (unpaired) electrons. The van der Waals surface area contributed by atoms with E-state index in [1.165, 1.54) is 22.0 Å². The maximum atomic E-state index is 12.3. The van der Waals surface area contributed by atoms with E-state index in [1.54, 1.807) is 0 Å². The zero-order valence-electron chi connectivity index (χ0n) is 15.0. The van der Waals surface area contributed by atoms with E-state index in [-0.39, 0.29) is 11.5 Å². The smallest absolute Gasteiger partial charge is 0.254 e. The van der Waals surface area contributed by atoms with Crippen LogP contribution in [-0.4, -0.2) is 26.4 Å². The van der Waals surface area contributed by atoms with Gasteiger partial charge in [-0.15, -0.1) is 0 Å². The molecule has 25 heavy (non-hydrogen) atoms. The van der Waals surface area contributed by atoms with Crippen molar-refractivity contribution >= 4 is 10.9 Å². The molecule has 0 spiro atoms. The van der Waals surface area contributed by atoms with E-state index in [4.69, 9.17) is 4.98 Å².